The van der Waals surface area contributed by atoms with Gasteiger partial charge in [-0.3, -0.25) is 14.7 Å². The lowest BCUT2D eigenvalue weighted by molar-refractivity contribution is 0.0928. The van der Waals surface area contributed by atoms with Crippen LogP contribution in [0.2, 0.25) is 0 Å². The quantitative estimate of drug-likeness (QED) is 0.721. The molecule has 0 radical (unpaired) electrons. The number of hydrogen-bond acceptors (Lipinski definition) is 5. The Kier molecular flexibility index (Phi) is 9.37. The number of thiophene rings is 1. The number of pyridine rings is 1. The average Bonchev–Trinajstić information content (AvgIpc) is 3.13. The highest BCUT2D eigenvalue weighted by Crippen LogP contribution is 2.29. The van der Waals surface area contributed by atoms with Crippen LogP contribution in [-0.2, 0) is 25.9 Å². The predicted octanol–water partition coefficient (Wildman–Crippen LogP) is 3.59. The molecule has 2 N–H and O–H groups in total. The minimum atomic E-state index is 0. The molecule has 2 aromatic rings. The lowest BCUT2D eigenvalue weighted by atomic mass is 10.0. The highest BCUT2D eigenvalue weighted by Gasteiger charge is 2.25. The van der Waals surface area contributed by atoms with Crippen molar-refractivity contribution in [3.8, 4) is 0 Å². The van der Waals surface area contributed by atoms with Crippen molar-refractivity contribution in [3.63, 3.8) is 0 Å². The summed E-state index contributed by atoms with van der Waals surface area (Å²) in [6.07, 6.45) is 6.00. The monoisotopic (exact) mass is 456 g/mol. The van der Waals surface area contributed by atoms with E-state index < -0.39 is 0 Å². The van der Waals surface area contributed by atoms with Crippen LogP contribution >= 0.6 is 36.2 Å². The van der Waals surface area contributed by atoms with Gasteiger partial charge in [-0.2, -0.15) is 0 Å². The van der Waals surface area contributed by atoms with Gasteiger partial charge in [-0.05, 0) is 56.0 Å². The van der Waals surface area contributed by atoms with Crippen LogP contribution in [0.5, 0.6) is 0 Å². The summed E-state index contributed by atoms with van der Waals surface area (Å²) in [6.45, 7) is 6.91. The van der Waals surface area contributed by atoms with Crippen LogP contribution in [0, 0.1) is 0 Å². The van der Waals surface area contributed by atoms with Gasteiger partial charge in [0, 0.05) is 42.1 Å². The molecule has 29 heavy (non-hydrogen) atoms. The van der Waals surface area contributed by atoms with Gasteiger partial charge >= 0.3 is 0 Å². The third-order valence-electron chi connectivity index (χ3n) is 5.62. The molecule has 2 aromatic heterocycles. The summed E-state index contributed by atoms with van der Waals surface area (Å²) in [6, 6.07) is 4.62. The molecule has 1 fully saturated rings. The molecule has 0 atom stereocenters. The molecule has 0 saturated carbocycles. The van der Waals surface area contributed by atoms with Crippen LogP contribution in [-0.4, -0.2) is 41.5 Å². The Bertz CT molecular complexity index is 790. The number of aromatic nitrogens is 1. The Labute approximate surface area is 189 Å². The number of halogens is 2. The Balaban J connectivity index is 0.00000150. The van der Waals surface area contributed by atoms with Crippen LogP contribution in [0.25, 0.3) is 0 Å². The second-order valence-electron chi connectivity index (χ2n) is 7.52. The van der Waals surface area contributed by atoms with Gasteiger partial charge in [-0.1, -0.05) is 13.0 Å². The molecule has 0 bridgehead atoms. The summed E-state index contributed by atoms with van der Waals surface area (Å²) >= 11 is 1.73. The van der Waals surface area contributed by atoms with Crippen LogP contribution in [0.15, 0.2) is 23.7 Å². The van der Waals surface area contributed by atoms with Crippen molar-refractivity contribution in [2.45, 2.75) is 51.7 Å². The maximum atomic E-state index is 12.7. The molecule has 0 unspecified atom stereocenters. The fourth-order valence-electron chi connectivity index (χ4n) is 3.92. The molecule has 0 aromatic carbocycles. The molecular weight excluding hydrogens is 427 g/mol. The smallest absolute Gasteiger partial charge is 0.252 e. The van der Waals surface area contributed by atoms with Gasteiger partial charge in [0.15, 0.2) is 0 Å². The van der Waals surface area contributed by atoms with E-state index in [2.05, 4.69) is 45.0 Å². The van der Waals surface area contributed by atoms with E-state index in [1.54, 1.807) is 11.3 Å². The number of piperidine rings is 1. The number of fused-ring (bicyclic) bond motifs is 1. The highest BCUT2D eigenvalue weighted by molar-refractivity contribution is 7.10. The fourth-order valence-corrected chi connectivity index (χ4v) is 5.04. The fraction of sp³-hybridized carbons (Fsp3) is 0.524. The number of nitrogens with one attached hydrogen (secondary N) is 2. The summed E-state index contributed by atoms with van der Waals surface area (Å²) in [5, 5.41) is 8.64. The molecule has 2 aliphatic heterocycles. The first-order chi connectivity index (χ1) is 13.2. The lowest BCUT2D eigenvalue weighted by Crippen LogP contribution is -2.43. The summed E-state index contributed by atoms with van der Waals surface area (Å²) in [5.41, 5.74) is 4.56. The molecule has 0 spiro atoms. The normalized spacial score (nSPS) is 17.0. The summed E-state index contributed by atoms with van der Waals surface area (Å²) in [5.74, 6) is 0.115. The number of carbonyl (C=O) groups excluding carboxylic acids is 1. The first-order valence-electron chi connectivity index (χ1n) is 10.00. The maximum Gasteiger partial charge on any atom is 0.252 e. The first kappa shape index (κ1) is 24.1. The van der Waals surface area contributed by atoms with Crippen molar-refractivity contribution in [1.82, 2.24) is 20.5 Å². The van der Waals surface area contributed by atoms with E-state index in [4.69, 9.17) is 0 Å². The number of carbonyl (C=O) groups is 1. The van der Waals surface area contributed by atoms with E-state index in [-0.39, 0.29) is 30.7 Å². The molecule has 4 heterocycles. The molecule has 5 nitrogen and oxygen atoms in total. The number of nitrogens with zero attached hydrogens (tertiary/aromatic N) is 2. The number of hydrogen-bond donors (Lipinski definition) is 2. The number of aryl methyl sites for hydroxylation is 1. The summed E-state index contributed by atoms with van der Waals surface area (Å²) in [7, 11) is 0. The van der Waals surface area contributed by atoms with Crippen molar-refractivity contribution in [2.75, 3.05) is 19.6 Å². The van der Waals surface area contributed by atoms with Gasteiger partial charge in [0.1, 0.15) is 0 Å². The number of amides is 1. The van der Waals surface area contributed by atoms with Crippen molar-refractivity contribution >= 4 is 42.1 Å². The lowest BCUT2D eigenvalue weighted by Gasteiger charge is -2.27. The van der Waals surface area contributed by atoms with Crippen LogP contribution in [0.4, 0.5) is 0 Å². The predicted molar refractivity (Wildman–Crippen MR) is 124 cm³/mol. The molecule has 1 amide bonds. The van der Waals surface area contributed by atoms with Crippen molar-refractivity contribution in [1.29, 1.82) is 0 Å². The zero-order valence-electron chi connectivity index (χ0n) is 16.8. The molecule has 0 aliphatic carbocycles. The number of rotatable bonds is 5. The zero-order chi connectivity index (χ0) is 18.6. The van der Waals surface area contributed by atoms with Gasteiger partial charge in [0.2, 0.25) is 0 Å². The standard InChI is InChI=1S/C21H28N4OS.2ClH/c1-2-15-3-4-17(23-11-15)12-25-10-7-18-19(14-27-20(18)13-25)21(26)24-16-5-8-22-9-6-16;;/h3-4,11,14,16,22H,2,5-10,12-13H2,1H3,(H,24,26);2*1H. The highest BCUT2D eigenvalue weighted by atomic mass is 35.5. The molecule has 8 heteroatoms. The van der Waals surface area contributed by atoms with E-state index in [1.165, 1.54) is 16.0 Å². The third-order valence-corrected chi connectivity index (χ3v) is 6.64. The Morgan fingerprint density at radius 2 is 2.10 bits per heavy atom. The molecule has 1 saturated heterocycles. The van der Waals surface area contributed by atoms with Crippen molar-refractivity contribution < 1.29 is 4.79 Å². The van der Waals surface area contributed by atoms with Crippen LogP contribution < -0.4 is 10.6 Å². The Morgan fingerprint density at radius 3 is 2.79 bits per heavy atom. The van der Waals surface area contributed by atoms with Gasteiger partial charge in [-0.25, -0.2) is 0 Å². The second kappa shape index (κ2) is 11.3. The van der Waals surface area contributed by atoms with E-state index in [0.717, 1.165) is 69.7 Å². The van der Waals surface area contributed by atoms with E-state index in [9.17, 15) is 4.79 Å². The second-order valence-corrected chi connectivity index (χ2v) is 8.49. The van der Waals surface area contributed by atoms with E-state index in [0.29, 0.717) is 6.04 Å². The zero-order valence-corrected chi connectivity index (χ0v) is 19.2. The third kappa shape index (κ3) is 5.92. The van der Waals surface area contributed by atoms with Gasteiger partial charge in [-0.15, -0.1) is 36.2 Å². The van der Waals surface area contributed by atoms with Crippen LogP contribution in [0.1, 0.15) is 51.8 Å². The topological polar surface area (TPSA) is 57.3 Å². The molecule has 2 aliphatic rings. The minimum absolute atomic E-state index is 0. The van der Waals surface area contributed by atoms with Gasteiger partial charge in [0.25, 0.3) is 5.91 Å². The van der Waals surface area contributed by atoms with Gasteiger partial charge in [0.05, 0.1) is 11.3 Å². The van der Waals surface area contributed by atoms with E-state index in [1.807, 2.05) is 6.20 Å². The average molecular weight is 457 g/mol. The van der Waals surface area contributed by atoms with Crippen molar-refractivity contribution in [2.24, 2.45) is 0 Å². The molecular formula is C21H30Cl2N4OS. The van der Waals surface area contributed by atoms with E-state index >= 15 is 0 Å². The molecule has 4 rings (SSSR count). The van der Waals surface area contributed by atoms with Gasteiger partial charge < -0.3 is 10.6 Å². The Morgan fingerprint density at radius 1 is 1.31 bits per heavy atom. The summed E-state index contributed by atoms with van der Waals surface area (Å²) < 4.78 is 0. The minimum Gasteiger partial charge on any atom is -0.349 e. The summed E-state index contributed by atoms with van der Waals surface area (Å²) in [4.78, 5) is 21.1. The molecule has 160 valence electrons. The Hall–Kier alpha value is -1.18. The van der Waals surface area contributed by atoms with Crippen LogP contribution in [0.3, 0.4) is 0 Å². The largest absolute Gasteiger partial charge is 0.349 e. The van der Waals surface area contributed by atoms with Crippen molar-refractivity contribution in [3.05, 3.63) is 51.0 Å². The maximum absolute atomic E-state index is 12.7. The first-order valence-corrected chi connectivity index (χ1v) is 10.9. The SMILES string of the molecule is CCc1ccc(CN2CCc3c(C(=O)NC4CCNCC4)csc3C2)nc1.Cl.Cl.